The molecule has 0 saturated heterocycles. The second kappa shape index (κ2) is 7.74. The van der Waals surface area contributed by atoms with E-state index < -0.39 is 12.1 Å². The first kappa shape index (κ1) is 17.0. The third-order valence-corrected chi connectivity index (χ3v) is 3.57. The Balaban J connectivity index is 2.04. The molecule has 1 atom stereocenters. The lowest BCUT2D eigenvalue weighted by molar-refractivity contribution is -0.144. The lowest BCUT2D eigenvalue weighted by Crippen LogP contribution is -2.22. The van der Waals surface area contributed by atoms with Crippen LogP contribution in [0.15, 0.2) is 59.1 Å². The highest BCUT2D eigenvalue weighted by Crippen LogP contribution is 2.16. The summed E-state index contributed by atoms with van der Waals surface area (Å²) in [5.74, 6) is -0.766. The summed E-state index contributed by atoms with van der Waals surface area (Å²) in [6, 6.07) is 14.0. The number of ketones is 1. The number of hydrogen-bond donors (Lipinski definition) is 1. The van der Waals surface area contributed by atoms with Gasteiger partial charge in [0.1, 0.15) is 5.75 Å². The Labute approximate surface area is 142 Å². The standard InChI is InChI=1S/C18H15BrO4/c1-12(18(21)22)23-16-8-6-14(7-9-16)17(20)10-5-13-3-2-4-15(19)11-13/h2-12H,1H3,(H,21,22)/b10-5+. The molecule has 5 heteroatoms. The predicted octanol–water partition coefficient (Wildman–Crippen LogP) is 4.20. The molecule has 0 aliphatic rings. The molecule has 23 heavy (non-hydrogen) atoms. The molecule has 1 N–H and O–H groups in total. The first-order valence-corrected chi connectivity index (χ1v) is 7.72. The monoisotopic (exact) mass is 374 g/mol. The van der Waals surface area contributed by atoms with Crippen LogP contribution in [0.5, 0.6) is 5.75 Å². The number of hydrogen-bond acceptors (Lipinski definition) is 3. The summed E-state index contributed by atoms with van der Waals surface area (Å²) < 4.78 is 6.16. The van der Waals surface area contributed by atoms with Crippen LogP contribution in [0.3, 0.4) is 0 Å². The molecule has 0 heterocycles. The number of halogens is 1. The van der Waals surface area contributed by atoms with E-state index in [0.717, 1.165) is 10.0 Å². The van der Waals surface area contributed by atoms with E-state index in [1.165, 1.54) is 13.0 Å². The van der Waals surface area contributed by atoms with Gasteiger partial charge in [-0.3, -0.25) is 4.79 Å². The van der Waals surface area contributed by atoms with Gasteiger partial charge < -0.3 is 9.84 Å². The zero-order valence-corrected chi connectivity index (χ0v) is 14.0. The Morgan fingerprint density at radius 2 is 1.87 bits per heavy atom. The summed E-state index contributed by atoms with van der Waals surface area (Å²) in [5.41, 5.74) is 1.43. The molecule has 0 amide bonds. The van der Waals surface area contributed by atoms with Crippen molar-refractivity contribution in [1.29, 1.82) is 0 Å². The minimum absolute atomic E-state index is 0.136. The molecule has 118 valence electrons. The molecular weight excluding hydrogens is 360 g/mol. The van der Waals surface area contributed by atoms with Gasteiger partial charge in [0.15, 0.2) is 11.9 Å². The molecule has 1 unspecified atom stereocenters. The van der Waals surface area contributed by atoms with E-state index in [4.69, 9.17) is 9.84 Å². The van der Waals surface area contributed by atoms with E-state index in [1.807, 2.05) is 24.3 Å². The van der Waals surface area contributed by atoms with Crippen molar-refractivity contribution in [3.05, 3.63) is 70.2 Å². The van der Waals surface area contributed by atoms with Gasteiger partial charge >= 0.3 is 5.97 Å². The molecule has 0 aliphatic carbocycles. The first-order chi connectivity index (χ1) is 11.0. The molecular formula is C18H15BrO4. The van der Waals surface area contributed by atoms with Gasteiger partial charge in [-0.05, 0) is 55.0 Å². The molecule has 0 aromatic heterocycles. The third-order valence-electron chi connectivity index (χ3n) is 3.08. The number of ether oxygens (including phenoxy) is 1. The number of aliphatic carboxylic acids is 1. The van der Waals surface area contributed by atoms with Crippen molar-refractivity contribution in [3.63, 3.8) is 0 Å². The molecule has 2 aromatic carbocycles. The Bertz CT molecular complexity index is 735. The smallest absolute Gasteiger partial charge is 0.344 e. The van der Waals surface area contributed by atoms with Crippen LogP contribution < -0.4 is 4.74 Å². The average Bonchev–Trinajstić information content (AvgIpc) is 2.53. The quantitative estimate of drug-likeness (QED) is 0.607. The summed E-state index contributed by atoms with van der Waals surface area (Å²) in [5, 5.41) is 8.79. The van der Waals surface area contributed by atoms with Crippen LogP contribution in [0.4, 0.5) is 0 Å². The highest BCUT2D eigenvalue weighted by molar-refractivity contribution is 9.10. The van der Waals surface area contributed by atoms with Crippen molar-refractivity contribution >= 4 is 33.8 Å². The number of carboxylic acid groups (broad SMARTS) is 1. The van der Waals surface area contributed by atoms with Crippen molar-refractivity contribution in [3.8, 4) is 5.75 Å². The molecule has 0 fully saturated rings. The molecule has 0 radical (unpaired) electrons. The zero-order valence-electron chi connectivity index (χ0n) is 12.4. The summed E-state index contributed by atoms with van der Waals surface area (Å²) in [7, 11) is 0. The van der Waals surface area contributed by atoms with Crippen molar-refractivity contribution in [2.24, 2.45) is 0 Å². The summed E-state index contributed by atoms with van der Waals surface area (Å²) >= 11 is 3.38. The molecule has 4 nitrogen and oxygen atoms in total. The van der Waals surface area contributed by atoms with E-state index >= 15 is 0 Å². The third kappa shape index (κ3) is 5.07. The van der Waals surface area contributed by atoms with Crippen molar-refractivity contribution in [2.45, 2.75) is 13.0 Å². The number of allylic oxidation sites excluding steroid dienone is 1. The lowest BCUT2D eigenvalue weighted by Gasteiger charge is -2.10. The van der Waals surface area contributed by atoms with Gasteiger partial charge in [-0.15, -0.1) is 0 Å². The average molecular weight is 375 g/mol. The van der Waals surface area contributed by atoms with Crippen LogP contribution in [0.1, 0.15) is 22.8 Å². The summed E-state index contributed by atoms with van der Waals surface area (Å²) in [4.78, 5) is 22.8. The number of carbonyl (C=O) groups is 2. The van der Waals surface area contributed by atoms with E-state index in [-0.39, 0.29) is 5.78 Å². The number of benzene rings is 2. The molecule has 0 spiro atoms. The Hall–Kier alpha value is -2.40. The van der Waals surface area contributed by atoms with Crippen molar-refractivity contribution in [1.82, 2.24) is 0 Å². The van der Waals surface area contributed by atoms with Gasteiger partial charge in [-0.2, -0.15) is 0 Å². The van der Waals surface area contributed by atoms with E-state index in [0.29, 0.717) is 11.3 Å². The number of carboxylic acids is 1. The normalized spacial score (nSPS) is 12.1. The fourth-order valence-corrected chi connectivity index (χ4v) is 2.25. The van der Waals surface area contributed by atoms with Crippen molar-refractivity contribution < 1.29 is 19.4 Å². The van der Waals surface area contributed by atoms with Gasteiger partial charge in [0, 0.05) is 10.0 Å². The van der Waals surface area contributed by atoms with Gasteiger partial charge in [0.25, 0.3) is 0 Å². The maximum absolute atomic E-state index is 12.1. The SMILES string of the molecule is CC(Oc1ccc(C(=O)/C=C/c2cccc(Br)c2)cc1)C(=O)O. The second-order valence-electron chi connectivity index (χ2n) is 4.88. The van der Waals surface area contributed by atoms with Gasteiger partial charge in [0.2, 0.25) is 0 Å². The maximum Gasteiger partial charge on any atom is 0.344 e. The van der Waals surface area contributed by atoms with E-state index in [9.17, 15) is 9.59 Å². The zero-order chi connectivity index (χ0) is 16.8. The fraction of sp³-hybridized carbons (Fsp3) is 0.111. The van der Waals surface area contributed by atoms with Crippen molar-refractivity contribution in [2.75, 3.05) is 0 Å². The number of rotatable bonds is 6. The van der Waals surface area contributed by atoms with Gasteiger partial charge in [-0.1, -0.05) is 34.1 Å². The summed E-state index contributed by atoms with van der Waals surface area (Å²) in [6.45, 7) is 1.45. The predicted molar refractivity (Wildman–Crippen MR) is 91.7 cm³/mol. The molecule has 2 rings (SSSR count). The molecule has 0 saturated carbocycles. The van der Waals surface area contributed by atoms with Crippen LogP contribution >= 0.6 is 15.9 Å². The molecule has 0 aliphatic heterocycles. The molecule has 0 bridgehead atoms. The fourth-order valence-electron chi connectivity index (χ4n) is 1.83. The number of carbonyl (C=O) groups excluding carboxylic acids is 1. The highest BCUT2D eigenvalue weighted by atomic mass is 79.9. The Morgan fingerprint density at radius 1 is 1.17 bits per heavy atom. The van der Waals surface area contributed by atoms with E-state index in [1.54, 1.807) is 30.3 Å². The van der Waals surface area contributed by atoms with Crippen LogP contribution in [-0.2, 0) is 4.79 Å². The van der Waals surface area contributed by atoms with Crippen LogP contribution in [-0.4, -0.2) is 23.0 Å². The Morgan fingerprint density at radius 3 is 2.48 bits per heavy atom. The van der Waals surface area contributed by atoms with Crippen LogP contribution in [0.25, 0.3) is 6.08 Å². The molecule has 2 aromatic rings. The van der Waals surface area contributed by atoms with Crippen LogP contribution in [0.2, 0.25) is 0 Å². The van der Waals surface area contributed by atoms with Gasteiger partial charge in [-0.25, -0.2) is 4.79 Å². The maximum atomic E-state index is 12.1. The topological polar surface area (TPSA) is 63.6 Å². The minimum Gasteiger partial charge on any atom is -0.479 e. The lowest BCUT2D eigenvalue weighted by atomic mass is 10.1. The van der Waals surface area contributed by atoms with E-state index in [2.05, 4.69) is 15.9 Å². The Kier molecular flexibility index (Phi) is 5.71. The first-order valence-electron chi connectivity index (χ1n) is 6.93. The van der Waals surface area contributed by atoms with Crippen LogP contribution in [0, 0.1) is 0 Å². The largest absolute Gasteiger partial charge is 0.479 e. The summed E-state index contributed by atoms with van der Waals surface area (Å²) in [6.07, 6.45) is 2.30. The minimum atomic E-state index is -1.04. The highest BCUT2D eigenvalue weighted by Gasteiger charge is 2.12. The van der Waals surface area contributed by atoms with Gasteiger partial charge in [0.05, 0.1) is 0 Å². The second-order valence-corrected chi connectivity index (χ2v) is 5.79.